The van der Waals surface area contributed by atoms with Crippen LogP contribution in [0.4, 0.5) is 0 Å². The molecule has 0 spiro atoms. The second kappa shape index (κ2) is 18.6. The standard InChI is InChI=1S/C47H78O18/c1-22-39(52)31(56-8)19-37(58-22)63-41-24(3)60-36(18-30(41)50)65-42-25(4)61-38(20-32(42)57-9)64-40-23(2)59-35(17-29(40)49)62-28-11-12-43(6)27(16-28)10-13-46(54)33(43)21-34(51)44(7)45(53,26(5)48)14-15-47(44,46)55/h10,22-26,28-42,48-55H,11-21H2,1-9H3. The van der Waals surface area contributed by atoms with Gasteiger partial charge in [0, 0.05) is 45.8 Å². The molecule has 4 saturated heterocycles. The Morgan fingerprint density at radius 2 is 1.15 bits per heavy atom. The van der Waals surface area contributed by atoms with E-state index in [-0.39, 0.29) is 44.6 Å². The fourth-order valence-corrected chi connectivity index (χ4v) is 13.7. The summed E-state index contributed by atoms with van der Waals surface area (Å²) in [6.07, 6.45) is -8.06. The normalized spacial score (nSPS) is 55.4. The Hall–Kier alpha value is -0.980. The zero-order valence-corrected chi connectivity index (χ0v) is 39.6. The number of aliphatic hydroxyl groups is 8. The van der Waals surface area contributed by atoms with E-state index in [1.807, 2.05) is 19.9 Å². The molecule has 18 nitrogen and oxygen atoms in total. The molecule has 0 aromatic rings. The SMILES string of the molecule is COC1CC(OC2C(O)CC(OC3C(C)OC(OC4C(O)CC(OC5CCC6(C)C(=CCC7(O)C6CC(O)C6(C)C(O)(C(C)O)CCC76O)C5)OC4C)CC3OC)OC2C)OC(C)C1O. The smallest absolute Gasteiger partial charge is 0.161 e. The third-order valence-corrected chi connectivity index (χ3v) is 17.8. The molecule has 25 atom stereocenters. The van der Waals surface area contributed by atoms with Gasteiger partial charge in [-0.2, -0.15) is 0 Å². The topological polar surface area (TPSA) is 254 Å². The van der Waals surface area contributed by atoms with Crippen LogP contribution in [0.1, 0.15) is 119 Å². The molecule has 4 aliphatic heterocycles. The van der Waals surface area contributed by atoms with Crippen LogP contribution in [0.2, 0.25) is 0 Å². The summed E-state index contributed by atoms with van der Waals surface area (Å²) < 4.78 is 61.4. The van der Waals surface area contributed by atoms with Crippen molar-refractivity contribution in [1.82, 2.24) is 0 Å². The maximum atomic E-state index is 12.5. The zero-order valence-electron chi connectivity index (χ0n) is 39.6. The maximum absolute atomic E-state index is 12.5. The minimum Gasteiger partial charge on any atom is -0.392 e. The molecule has 4 aliphatic carbocycles. The molecule has 25 unspecified atom stereocenters. The van der Waals surface area contributed by atoms with Gasteiger partial charge in [0.05, 0.1) is 72.6 Å². The van der Waals surface area contributed by atoms with Crippen molar-refractivity contribution >= 4 is 0 Å². The van der Waals surface area contributed by atoms with Crippen molar-refractivity contribution in [2.75, 3.05) is 14.2 Å². The van der Waals surface area contributed by atoms with E-state index in [1.54, 1.807) is 27.9 Å². The van der Waals surface area contributed by atoms with Gasteiger partial charge in [-0.05, 0) is 85.0 Å². The van der Waals surface area contributed by atoms with E-state index in [1.165, 1.54) is 14.0 Å². The summed E-state index contributed by atoms with van der Waals surface area (Å²) in [4.78, 5) is 0. The molecule has 0 aromatic heterocycles. The van der Waals surface area contributed by atoms with E-state index >= 15 is 0 Å². The van der Waals surface area contributed by atoms with Crippen LogP contribution in [-0.2, 0) is 47.4 Å². The second-order valence-corrected chi connectivity index (χ2v) is 21.2. The highest BCUT2D eigenvalue weighted by Crippen LogP contribution is 2.70. The van der Waals surface area contributed by atoms with E-state index in [2.05, 4.69) is 6.92 Å². The van der Waals surface area contributed by atoms with E-state index in [9.17, 15) is 40.9 Å². The molecule has 4 heterocycles. The van der Waals surface area contributed by atoms with Crippen molar-refractivity contribution < 1.29 is 88.2 Å². The summed E-state index contributed by atoms with van der Waals surface area (Å²) in [5, 5.41) is 91.9. The first kappa shape index (κ1) is 50.4. The summed E-state index contributed by atoms with van der Waals surface area (Å²) >= 11 is 0. The second-order valence-electron chi connectivity index (χ2n) is 21.2. The van der Waals surface area contributed by atoms with Crippen LogP contribution in [-0.4, -0.2) is 189 Å². The van der Waals surface area contributed by atoms with Crippen molar-refractivity contribution in [3.63, 3.8) is 0 Å². The van der Waals surface area contributed by atoms with Gasteiger partial charge in [0.2, 0.25) is 0 Å². The molecule has 0 aromatic carbocycles. The lowest BCUT2D eigenvalue weighted by atomic mass is 9.42. The molecule has 7 fully saturated rings. The lowest BCUT2D eigenvalue weighted by molar-refractivity contribution is -0.346. The van der Waals surface area contributed by atoms with Gasteiger partial charge >= 0.3 is 0 Å². The molecule has 8 rings (SSSR count). The minimum atomic E-state index is -1.82. The molecule has 0 amide bonds. The average Bonchev–Trinajstić information content (AvgIpc) is 3.48. The lowest BCUT2D eigenvalue weighted by Crippen LogP contribution is -2.78. The fraction of sp³-hybridized carbons (Fsp3) is 0.957. The van der Waals surface area contributed by atoms with Crippen molar-refractivity contribution in [2.45, 2.75) is 253 Å². The summed E-state index contributed by atoms with van der Waals surface area (Å²) in [7, 11) is 3.11. The van der Waals surface area contributed by atoms with Crippen LogP contribution < -0.4 is 0 Å². The largest absolute Gasteiger partial charge is 0.392 e. The lowest BCUT2D eigenvalue weighted by Gasteiger charge is -2.67. The highest BCUT2D eigenvalue weighted by Gasteiger charge is 2.80. The molecule has 3 saturated carbocycles. The van der Waals surface area contributed by atoms with Gasteiger partial charge < -0.3 is 88.2 Å². The van der Waals surface area contributed by atoms with Gasteiger partial charge in [-0.3, -0.25) is 0 Å². The summed E-state index contributed by atoms with van der Waals surface area (Å²) in [5.74, 6) is -0.491. The molecular weight excluding hydrogens is 852 g/mol. The van der Waals surface area contributed by atoms with Gasteiger partial charge in [0.1, 0.15) is 41.2 Å². The zero-order chi connectivity index (χ0) is 47.2. The van der Waals surface area contributed by atoms with Crippen LogP contribution in [0.25, 0.3) is 0 Å². The van der Waals surface area contributed by atoms with Crippen LogP contribution in [0.15, 0.2) is 11.6 Å². The molecule has 0 bridgehead atoms. The van der Waals surface area contributed by atoms with E-state index in [0.29, 0.717) is 32.1 Å². The third-order valence-electron chi connectivity index (χ3n) is 17.8. The molecule has 18 heteroatoms. The Kier molecular flexibility index (Phi) is 14.5. The van der Waals surface area contributed by atoms with Gasteiger partial charge in [-0.25, -0.2) is 0 Å². The van der Waals surface area contributed by atoms with Gasteiger partial charge in [0.15, 0.2) is 25.2 Å². The summed E-state index contributed by atoms with van der Waals surface area (Å²) in [6, 6.07) is 0. The first-order chi connectivity index (χ1) is 30.5. The number of aliphatic hydroxyl groups excluding tert-OH is 5. The van der Waals surface area contributed by atoms with Crippen molar-refractivity contribution in [3.8, 4) is 0 Å². The molecule has 374 valence electrons. The van der Waals surface area contributed by atoms with Gasteiger partial charge in [-0.1, -0.05) is 25.5 Å². The number of hydrogen-bond acceptors (Lipinski definition) is 18. The Labute approximate surface area is 382 Å². The number of rotatable bonds is 11. The van der Waals surface area contributed by atoms with Crippen LogP contribution in [0.3, 0.4) is 0 Å². The Morgan fingerprint density at radius 1 is 0.646 bits per heavy atom. The molecular formula is C47H78O18. The maximum Gasteiger partial charge on any atom is 0.161 e. The van der Waals surface area contributed by atoms with E-state index in [0.717, 1.165) is 5.57 Å². The molecule has 8 N–H and O–H groups in total. The number of hydrogen-bond donors (Lipinski definition) is 8. The van der Waals surface area contributed by atoms with Crippen LogP contribution >= 0.6 is 0 Å². The molecule has 65 heavy (non-hydrogen) atoms. The Balaban J connectivity index is 0.828. The average molecular weight is 931 g/mol. The molecule has 8 aliphatic rings. The minimum absolute atomic E-state index is 0.0541. The van der Waals surface area contributed by atoms with E-state index < -0.39 is 144 Å². The van der Waals surface area contributed by atoms with Crippen LogP contribution in [0.5, 0.6) is 0 Å². The first-order valence-corrected chi connectivity index (χ1v) is 24.1. The van der Waals surface area contributed by atoms with Gasteiger partial charge in [-0.15, -0.1) is 0 Å². The highest BCUT2D eigenvalue weighted by atomic mass is 16.8. The summed E-state index contributed by atoms with van der Waals surface area (Å²) in [5.41, 5.74) is -6.21. The quantitative estimate of drug-likeness (QED) is 0.137. The first-order valence-electron chi connectivity index (χ1n) is 24.1. The van der Waals surface area contributed by atoms with Crippen LogP contribution in [0, 0.1) is 16.7 Å². The monoisotopic (exact) mass is 931 g/mol. The highest BCUT2D eigenvalue weighted by molar-refractivity contribution is 5.36. The predicted octanol–water partition coefficient (Wildman–Crippen LogP) is 1.45. The third kappa shape index (κ3) is 8.41. The van der Waals surface area contributed by atoms with E-state index in [4.69, 9.17) is 47.4 Å². The molecule has 0 radical (unpaired) electrons. The van der Waals surface area contributed by atoms with Gasteiger partial charge in [0.25, 0.3) is 0 Å². The predicted molar refractivity (Wildman–Crippen MR) is 228 cm³/mol. The van der Waals surface area contributed by atoms with Crippen molar-refractivity contribution in [3.05, 3.63) is 11.6 Å². The number of fused-ring (bicyclic) bond motifs is 5. The number of ether oxygens (including phenoxy) is 10. The Morgan fingerprint density at radius 3 is 1.71 bits per heavy atom. The fourth-order valence-electron chi connectivity index (χ4n) is 13.7. The Bertz CT molecular complexity index is 1660. The van der Waals surface area contributed by atoms with Crippen molar-refractivity contribution in [2.24, 2.45) is 16.7 Å². The number of methoxy groups -OCH3 is 2. The van der Waals surface area contributed by atoms with Crippen molar-refractivity contribution in [1.29, 1.82) is 0 Å². The summed E-state index contributed by atoms with van der Waals surface area (Å²) in [6.45, 7) is 12.4.